The lowest BCUT2D eigenvalue weighted by molar-refractivity contribution is 0.0937. The summed E-state index contributed by atoms with van der Waals surface area (Å²) >= 11 is 0. The van der Waals surface area contributed by atoms with Crippen LogP contribution in [0.4, 0.5) is 0 Å². The van der Waals surface area contributed by atoms with Gasteiger partial charge in [0.25, 0.3) is 5.91 Å². The van der Waals surface area contributed by atoms with Crippen LogP contribution in [0.3, 0.4) is 0 Å². The van der Waals surface area contributed by atoms with Crippen molar-refractivity contribution < 1.29 is 4.79 Å². The summed E-state index contributed by atoms with van der Waals surface area (Å²) in [7, 11) is 0. The van der Waals surface area contributed by atoms with Gasteiger partial charge in [0.2, 0.25) is 0 Å². The van der Waals surface area contributed by atoms with Crippen LogP contribution in [0.5, 0.6) is 0 Å². The molecule has 0 radical (unpaired) electrons. The fraction of sp³-hybridized carbons (Fsp3) is 0.389. The highest BCUT2D eigenvalue weighted by Crippen LogP contribution is 2.31. The molecule has 0 spiro atoms. The zero-order valence-electron chi connectivity index (χ0n) is 14.6. The van der Waals surface area contributed by atoms with Gasteiger partial charge in [0.15, 0.2) is 5.82 Å². The van der Waals surface area contributed by atoms with E-state index in [1.165, 1.54) is 12.8 Å². The van der Waals surface area contributed by atoms with Crippen molar-refractivity contribution in [1.82, 2.24) is 34.8 Å². The quantitative estimate of drug-likeness (QED) is 0.762. The van der Waals surface area contributed by atoms with E-state index in [9.17, 15) is 4.79 Å². The Morgan fingerprint density at radius 3 is 2.69 bits per heavy atom. The average molecular weight is 351 g/mol. The number of hydrogen-bond donors (Lipinski definition) is 1. The number of carbonyl (C=O) groups excluding carboxylic acids is 1. The van der Waals surface area contributed by atoms with Crippen LogP contribution < -0.4 is 5.32 Å². The standard InChI is InChI=1S/C18H21N7O/c1-13(17-23-21-12-25(17)15-6-2-3-7-15)22-18(26)14-5-4-8-16(9-14)24-10-19-20-11-24/h4-5,8-13,15H,2-3,6-7H2,1H3,(H,22,26). The lowest BCUT2D eigenvalue weighted by Gasteiger charge is -2.19. The minimum atomic E-state index is -0.218. The number of carbonyl (C=O) groups is 1. The van der Waals surface area contributed by atoms with Gasteiger partial charge in [-0.25, -0.2) is 0 Å². The maximum absolute atomic E-state index is 12.7. The van der Waals surface area contributed by atoms with Gasteiger partial charge in [0.05, 0.1) is 6.04 Å². The minimum Gasteiger partial charge on any atom is -0.342 e. The summed E-state index contributed by atoms with van der Waals surface area (Å²) in [5.41, 5.74) is 1.42. The van der Waals surface area contributed by atoms with Crippen molar-refractivity contribution in [3.05, 3.63) is 54.6 Å². The predicted molar refractivity (Wildman–Crippen MR) is 94.8 cm³/mol. The van der Waals surface area contributed by atoms with E-state index in [2.05, 4.69) is 30.3 Å². The maximum atomic E-state index is 12.7. The van der Waals surface area contributed by atoms with E-state index in [0.29, 0.717) is 11.6 Å². The van der Waals surface area contributed by atoms with Crippen LogP contribution in [0.2, 0.25) is 0 Å². The summed E-state index contributed by atoms with van der Waals surface area (Å²) in [5, 5.41) is 18.9. The van der Waals surface area contributed by atoms with Gasteiger partial charge in [-0.05, 0) is 38.0 Å². The van der Waals surface area contributed by atoms with Crippen molar-refractivity contribution in [2.24, 2.45) is 0 Å². The fourth-order valence-corrected chi connectivity index (χ4v) is 3.51. The minimum absolute atomic E-state index is 0.145. The third-order valence-electron chi connectivity index (χ3n) is 4.88. The highest BCUT2D eigenvalue weighted by molar-refractivity contribution is 5.94. The van der Waals surface area contributed by atoms with Crippen LogP contribution in [0.15, 0.2) is 43.2 Å². The van der Waals surface area contributed by atoms with Gasteiger partial charge < -0.3 is 9.88 Å². The van der Waals surface area contributed by atoms with Crippen LogP contribution in [0.25, 0.3) is 5.69 Å². The van der Waals surface area contributed by atoms with E-state index >= 15 is 0 Å². The van der Waals surface area contributed by atoms with Crippen LogP contribution in [-0.4, -0.2) is 35.4 Å². The molecule has 4 rings (SSSR count). The molecule has 1 aliphatic carbocycles. The summed E-state index contributed by atoms with van der Waals surface area (Å²) < 4.78 is 3.88. The van der Waals surface area contributed by atoms with Crippen LogP contribution in [0, 0.1) is 0 Å². The van der Waals surface area contributed by atoms with Gasteiger partial charge in [-0.1, -0.05) is 18.9 Å². The van der Waals surface area contributed by atoms with E-state index in [4.69, 9.17) is 0 Å². The molecule has 3 aromatic rings. The SMILES string of the molecule is CC(NC(=O)c1cccc(-n2cnnc2)c1)c1nncn1C1CCCC1. The number of aromatic nitrogens is 6. The molecule has 2 heterocycles. The Morgan fingerprint density at radius 2 is 1.92 bits per heavy atom. The molecular weight excluding hydrogens is 330 g/mol. The lowest BCUT2D eigenvalue weighted by atomic mass is 10.1. The van der Waals surface area contributed by atoms with Gasteiger partial charge in [-0.2, -0.15) is 0 Å². The smallest absolute Gasteiger partial charge is 0.251 e. The normalized spacial score (nSPS) is 15.9. The summed E-state index contributed by atoms with van der Waals surface area (Å²) in [6.45, 7) is 1.94. The Balaban J connectivity index is 1.50. The van der Waals surface area contributed by atoms with Crippen molar-refractivity contribution >= 4 is 5.91 Å². The van der Waals surface area contributed by atoms with Crippen LogP contribution in [-0.2, 0) is 0 Å². The Kier molecular flexibility index (Phi) is 4.47. The number of rotatable bonds is 5. The van der Waals surface area contributed by atoms with Crippen LogP contribution >= 0.6 is 0 Å². The molecule has 0 aliphatic heterocycles. The first-order valence-corrected chi connectivity index (χ1v) is 8.87. The topological polar surface area (TPSA) is 90.5 Å². The third-order valence-corrected chi connectivity index (χ3v) is 4.88. The first-order valence-electron chi connectivity index (χ1n) is 8.87. The van der Waals surface area contributed by atoms with Gasteiger partial charge in [0.1, 0.15) is 19.0 Å². The average Bonchev–Trinajstić information content (AvgIpc) is 3.43. The summed E-state index contributed by atoms with van der Waals surface area (Å²) in [6.07, 6.45) is 9.74. The number of nitrogens with zero attached hydrogens (tertiary/aromatic N) is 6. The van der Waals surface area contributed by atoms with Crippen molar-refractivity contribution in [3.63, 3.8) is 0 Å². The second-order valence-electron chi connectivity index (χ2n) is 6.65. The Bertz CT molecular complexity index is 881. The summed E-state index contributed by atoms with van der Waals surface area (Å²) in [4.78, 5) is 12.7. The van der Waals surface area contributed by atoms with Gasteiger partial charge in [-0.15, -0.1) is 20.4 Å². The highest BCUT2D eigenvalue weighted by Gasteiger charge is 2.23. The molecule has 1 aromatic carbocycles. The fourth-order valence-electron chi connectivity index (χ4n) is 3.51. The number of nitrogens with one attached hydrogen (secondary N) is 1. The Labute approximate surface area is 151 Å². The molecule has 2 aromatic heterocycles. The van der Waals surface area contributed by atoms with Gasteiger partial charge in [-0.3, -0.25) is 9.36 Å². The van der Waals surface area contributed by atoms with Crippen molar-refractivity contribution in [3.8, 4) is 5.69 Å². The Hall–Kier alpha value is -3.03. The molecule has 134 valence electrons. The molecule has 1 fully saturated rings. The predicted octanol–water partition coefficient (Wildman–Crippen LogP) is 2.46. The number of amides is 1. The lowest BCUT2D eigenvalue weighted by Crippen LogP contribution is -2.29. The first kappa shape index (κ1) is 16.4. The second-order valence-corrected chi connectivity index (χ2v) is 6.65. The maximum Gasteiger partial charge on any atom is 0.251 e. The molecule has 1 aliphatic rings. The molecule has 26 heavy (non-hydrogen) atoms. The van der Waals surface area contributed by atoms with E-state index in [1.807, 2.05) is 25.1 Å². The molecule has 8 heteroatoms. The van der Waals surface area contributed by atoms with Crippen LogP contribution in [0.1, 0.15) is 60.9 Å². The number of hydrogen-bond acceptors (Lipinski definition) is 5. The molecular formula is C18H21N7O. The highest BCUT2D eigenvalue weighted by atomic mass is 16.1. The monoisotopic (exact) mass is 351 g/mol. The molecule has 1 amide bonds. The molecule has 8 nitrogen and oxygen atoms in total. The molecule has 1 N–H and O–H groups in total. The largest absolute Gasteiger partial charge is 0.342 e. The number of benzene rings is 1. The van der Waals surface area contributed by atoms with Crippen molar-refractivity contribution in [1.29, 1.82) is 0 Å². The molecule has 1 unspecified atom stereocenters. The molecule has 0 bridgehead atoms. The molecule has 1 saturated carbocycles. The first-order chi connectivity index (χ1) is 12.7. The van der Waals surface area contributed by atoms with Gasteiger partial charge in [0, 0.05) is 17.3 Å². The van der Waals surface area contributed by atoms with Gasteiger partial charge >= 0.3 is 0 Å². The van der Waals surface area contributed by atoms with Crippen molar-refractivity contribution in [2.45, 2.75) is 44.7 Å². The molecule has 0 saturated heterocycles. The molecule has 1 atom stereocenters. The zero-order chi connectivity index (χ0) is 17.9. The summed E-state index contributed by atoms with van der Waals surface area (Å²) in [5.74, 6) is 0.661. The Morgan fingerprint density at radius 1 is 1.15 bits per heavy atom. The third kappa shape index (κ3) is 3.22. The summed E-state index contributed by atoms with van der Waals surface area (Å²) in [6, 6.07) is 7.57. The van der Waals surface area contributed by atoms with Crippen molar-refractivity contribution in [2.75, 3.05) is 0 Å². The second kappa shape index (κ2) is 7.07. The van der Waals surface area contributed by atoms with E-state index in [-0.39, 0.29) is 11.9 Å². The van der Waals surface area contributed by atoms with E-state index < -0.39 is 0 Å². The van der Waals surface area contributed by atoms with E-state index in [1.54, 1.807) is 29.6 Å². The zero-order valence-corrected chi connectivity index (χ0v) is 14.6. The van der Waals surface area contributed by atoms with E-state index in [0.717, 1.165) is 24.4 Å².